The molecule has 6 aromatic carbocycles. The summed E-state index contributed by atoms with van der Waals surface area (Å²) in [7, 11) is 0. The SMILES string of the molecule is [N-]=[N+]=N[C@H]1[C@H](OCc2ccccc2)O[C@H](COCc2ccccc2)[C@@H](O[C@@H]2O[C@H](COCc3ccccc3)[C@@H](OCc3ccccc3)[C@H](OCc3ccccc3)[C@@H]2O)[C@@H]1OCc1ccccc1. The number of hydrogen-bond acceptors (Lipinski definition) is 11. The number of hydrogen-bond donors (Lipinski definition) is 1. The van der Waals surface area contributed by atoms with Gasteiger partial charge in [0.1, 0.15) is 48.8 Å². The number of ether oxygens (including phenoxy) is 9. The van der Waals surface area contributed by atoms with Crippen LogP contribution in [0, 0.1) is 0 Å². The zero-order valence-corrected chi connectivity index (χ0v) is 37.2. The maximum Gasteiger partial charge on any atom is 0.187 e. The molecule has 0 bridgehead atoms. The number of aliphatic hydroxyl groups excluding tert-OH is 1. The van der Waals surface area contributed by atoms with E-state index in [1.807, 2.05) is 182 Å². The van der Waals surface area contributed by atoms with Crippen LogP contribution < -0.4 is 0 Å². The van der Waals surface area contributed by atoms with Crippen LogP contribution >= 0.6 is 0 Å². The van der Waals surface area contributed by atoms with Gasteiger partial charge in [0, 0.05) is 4.91 Å². The summed E-state index contributed by atoms with van der Waals surface area (Å²) in [4.78, 5) is 3.25. The summed E-state index contributed by atoms with van der Waals surface area (Å²) in [5.74, 6) is 0. The summed E-state index contributed by atoms with van der Waals surface area (Å²) in [5, 5.41) is 16.8. The van der Waals surface area contributed by atoms with Gasteiger partial charge in [-0.3, -0.25) is 0 Å². The van der Waals surface area contributed by atoms with Crippen LogP contribution in [0.2, 0.25) is 0 Å². The predicted molar refractivity (Wildman–Crippen MR) is 250 cm³/mol. The van der Waals surface area contributed by atoms with E-state index in [4.69, 9.17) is 42.6 Å². The van der Waals surface area contributed by atoms with Gasteiger partial charge >= 0.3 is 0 Å². The Morgan fingerprint density at radius 3 is 1.18 bits per heavy atom. The second-order valence-electron chi connectivity index (χ2n) is 16.5. The lowest BCUT2D eigenvalue weighted by Gasteiger charge is -2.49. The molecule has 0 aromatic heterocycles. The smallest absolute Gasteiger partial charge is 0.187 e. The molecule has 0 unspecified atom stereocenters. The van der Waals surface area contributed by atoms with E-state index in [1.165, 1.54) is 0 Å². The zero-order chi connectivity index (χ0) is 45.9. The second kappa shape index (κ2) is 25.4. The first-order valence-electron chi connectivity index (χ1n) is 22.7. The van der Waals surface area contributed by atoms with Gasteiger partial charge in [-0.1, -0.05) is 187 Å². The van der Waals surface area contributed by atoms with E-state index < -0.39 is 61.3 Å². The molecular weight excluding hydrogens is 851 g/mol. The quantitative estimate of drug-likeness (QED) is 0.0374. The number of aliphatic hydroxyl groups is 1. The van der Waals surface area contributed by atoms with Crippen molar-refractivity contribution < 1.29 is 47.7 Å². The van der Waals surface area contributed by atoms with Crippen molar-refractivity contribution in [3.63, 3.8) is 0 Å². The molecule has 2 heterocycles. The fraction of sp³-hybridized carbons (Fsp3) is 0.333. The number of rotatable bonds is 23. The number of benzene rings is 6. The summed E-state index contributed by atoms with van der Waals surface area (Å²) in [6.45, 7) is 1.36. The topological polar surface area (TPSA) is 152 Å². The van der Waals surface area contributed by atoms with Crippen LogP contribution in [-0.2, 0) is 82.3 Å². The Morgan fingerprint density at radius 2 is 0.761 bits per heavy atom. The minimum Gasteiger partial charge on any atom is -0.385 e. The average Bonchev–Trinajstić information content (AvgIpc) is 3.38. The number of azide groups is 1. The Kier molecular flexibility index (Phi) is 18.1. The van der Waals surface area contributed by atoms with Gasteiger partial charge in [-0.05, 0) is 38.9 Å². The second-order valence-corrected chi connectivity index (χ2v) is 16.5. The zero-order valence-electron chi connectivity index (χ0n) is 37.2. The van der Waals surface area contributed by atoms with Crippen LogP contribution in [0.3, 0.4) is 0 Å². The van der Waals surface area contributed by atoms with Gasteiger partial charge in [-0.2, -0.15) is 0 Å². The highest BCUT2D eigenvalue weighted by molar-refractivity contribution is 5.18. The fourth-order valence-corrected chi connectivity index (χ4v) is 8.18. The van der Waals surface area contributed by atoms with Crippen LogP contribution in [0.5, 0.6) is 0 Å². The van der Waals surface area contributed by atoms with Crippen LogP contribution in [0.25, 0.3) is 10.4 Å². The van der Waals surface area contributed by atoms with Crippen LogP contribution in [0.15, 0.2) is 187 Å². The Hall–Kier alpha value is -5.77. The van der Waals surface area contributed by atoms with E-state index in [0.717, 1.165) is 33.4 Å². The van der Waals surface area contributed by atoms with Crippen molar-refractivity contribution in [2.75, 3.05) is 13.2 Å². The van der Waals surface area contributed by atoms with E-state index >= 15 is 0 Å². The molecule has 0 spiro atoms. The molecule has 2 fully saturated rings. The summed E-state index contributed by atoms with van der Waals surface area (Å²) in [6.07, 6.45) is -9.31. The summed E-state index contributed by atoms with van der Waals surface area (Å²) < 4.78 is 59.7. The molecule has 8 rings (SSSR count). The van der Waals surface area contributed by atoms with Crippen molar-refractivity contribution in [1.29, 1.82) is 0 Å². The average molecular weight is 908 g/mol. The molecule has 13 heteroatoms. The lowest BCUT2D eigenvalue weighted by Crippen LogP contribution is -2.65. The van der Waals surface area contributed by atoms with Crippen LogP contribution in [0.4, 0.5) is 0 Å². The number of nitrogens with zero attached hydrogens (tertiary/aromatic N) is 3. The Morgan fingerprint density at radius 1 is 0.418 bits per heavy atom. The maximum atomic E-state index is 12.5. The van der Waals surface area contributed by atoms with Crippen molar-refractivity contribution in [1.82, 2.24) is 0 Å². The van der Waals surface area contributed by atoms with E-state index in [0.29, 0.717) is 6.61 Å². The van der Waals surface area contributed by atoms with Gasteiger partial charge in [0.15, 0.2) is 12.6 Å². The van der Waals surface area contributed by atoms with Crippen LogP contribution in [0.1, 0.15) is 33.4 Å². The van der Waals surface area contributed by atoms with E-state index in [9.17, 15) is 10.6 Å². The molecule has 0 amide bonds. The van der Waals surface area contributed by atoms with Crippen molar-refractivity contribution in [2.45, 2.75) is 101 Å². The predicted octanol–water partition coefficient (Wildman–Crippen LogP) is 9.27. The highest BCUT2D eigenvalue weighted by Gasteiger charge is 2.53. The molecule has 13 nitrogen and oxygen atoms in total. The van der Waals surface area contributed by atoms with Crippen molar-refractivity contribution >= 4 is 0 Å². The molecule has 0 aliphatic carbocycles. The summed E-state index contributed by atoms with van der Waals surface area (Å²) >= 11 is 0. The van der Waals surface area contributed by atoms with Gasteiger partial charge in [0.05, 0.1) is 52.9 Å². The third-order valence-electron chi connectivity index (χ3n) is 11.6. The Labute approximate surface area is 391 Å². The fourth-order valence-electron chi connectivity index (χ4n) is 8.18. The molecule has 2 aliphatic heterocycles. The lowest BCUT2D eigenvalue weighted by atomic mass is 9.95. The molecule has 2 saturated heterocycles. The molecule has 67 heavy (non-hydrogen) atoms. The molecule has 6 aromatic rings. The highest BCUT2D eigenvalue weighted by Crippen LogP contribution is 2.36. The largest absolute Gasteiger partial charge is 0.385 e. The Balaban J connectivity index is 1.13. The lowest BCUT2D eigenvalue weighted by molar-refractivity contribution is -0.359. The minimum atomic E-state index is -1.40. The first-order valence-corrected chi connectivity index (χ1v) is 22.7. The van der Waals surface area contributed by atoms with Gasteiger partial charge < -0.3 is 47.7 Å². The third-order valence-corrected chi connectivity index (χ3v) is 11.6. The monoisotopic (exact) mass is 907 g/mol. The molecule has 2 aliphatic rings. The Bertz CT molecular complexity index is 2350. The van der Waals surface area contributed by atoms with Crippen molar-refractivity contribution in [2.24, 2.45) is 5.11 Å². The molecule has 10 atom stereocenters. The van der Waals surface area contributed by atoms with Gasteiger partial charge in [0.2, 0.25) is 0 Å². The normalized spacial score (nSPS) is 25.0. The summed E-state index contributed by atoms with van der Waals surface area (Å²) in [6, 6.07) is 57.4. The van der Waals surface area contributed by atoms with Crippen molar-refractivity contribution in [3.8, 4) is 0 Å². The molecule has 0 radical (unpaired) electrons. The maximum absolute atomic E-state index is 12.5. The van der Waals surface area contributed by atoms with E-state index in [1.54, 1.807) is 0 Å². The minimum absolute atomic E-state index is 0.0160. The highest BCUT2D eigenvalue weighted by atomic mass is 16.7. The van der Waals surface area contributed by atoms with E-state index in [-0.39, 0.29) is 46.2 Å². The van der Waals surface area contributed by atoms with Gasteiger partial charge in [-0.25, -0.2) is 0 Å². The van der Waals surface area contributed by atoms with E-state index in [2.05, 4.69) is 10.0 Å². The molecule has 0 saturated carbocycles. The standard InChI is InChI=1S/C54H57N3O10/c55-57-56-47-51(62-34-42-25-13-4-14-26-42)50(46(38-60-32-40-21-9-2-10-22-40)65-53(47)64-36-44-29-17-6-18-30-44)67-54-48(58)52(63-35-43-27-15-5-16-28-43)49(61-33-41-23-11-3-12-24-41)45(66-54)37-59-31-39-19-7-1-8-20-39/h1-30,45-54,58H,31-38H2/t45-,46-,47-,48+,49-,50-,51-,52-,53-,54+/m1/s1. The molecule has 348 valence electrons. The first-order chi connectivity index (χ1) is 33.1. The van der Waals surface area contributed by atoms with Crippen LogP contribution in [-0.4, -0.2) is 79.7 Å². The van der Waals surface area contributed by atoms with Crippen molar-refractivity contribution in [3.05, 3.63) is 226 Å². The molecular formula is C54H57N3O10. The summed E-state index contributed by atoms with van der Waals surface area (Å²) in [5.41, 5.74) is 15.6. The van der Waals surface area contributed by atoms with Gasteiger partial charge in [0.25, 0.3) is 0 Å². The third kappa shape index (κ3) is 13.9. The molecule has 1 N–H and O–H groups in total. The first kappa shape index (κ1) is 47.7. The van der Waals surface area contributed by atoms with Gasteiger partial charge in [-0.15, -0.1) is 0 Å².